The quantitative estimate of drug-likeness (QED) is 0.790. The number of thiophene rings is 1. The molecule has 3 fully saturated rings. The standard InChI is InChI=1S/C18H25N3O3S/c1-12(22)19-8-14-15-9-21(11-18(15)5-4-16(14)24-18)10-17(23)20-7-13-3-2-6-25-13/h2-3,6,14-16H,4-5,7-11H2,1H3,(H,19,22)(H,20,23)/t14-,15+,16+,18+/m0/s1. The lowest BCUT2D eigenvalue weighted by Crippen LogP contribution is -2.41. The smallest absolute Gasteiger partial charge is 0.234 e. The molecule has 0 aromatic carbocycles. The van der Waals surface area contributed by atoms with Crippen LogP contribution in [0.15, 0.2) is 17.5 Å². The van der Waals surface area contributed by atoms with Crippen molar-refractivity contribution in [2.45, 2.75) is 38.0 Å². The summed E-state index contributed by atoms with van der Waals surface area (Å²) in [4.78, 5) is 26.9. The maximum absolute atomic E-state index is 12.3. The van der Waals surface area contributed by atoms with Gasteiger partial charge in [-0.05, 0) is 24.3 Å². The lowest BCUT2D eigenvalue weighted by Gasteiger charge is -2.29. The molecule has 4 atom stereocenters. The Hall–Kier alpha value is -1.44. The number of likely N-dealkylation sites (tertiary alicyclic amines) is 1. The highest BCUT2D eigenvalue weighted by atomic mass is 32.1. The Labute approximate surface area is 151 Å². The van der Waals surface area contributed by atoms with Crippen LogP contribution in [0, 0.1) is 11.8 Å². The van der Waals surface area contributed by atoms with Crippen molar-refractivity contribution in [3.8, 4) is 0 Å². The summed E-state index contributed by atoms with van der Waals surface area (Å²) in [6.45, 7) is 4.98. The van der Waals surface area contributed by atoms with Crippen LogP contribution >= 0.6 is 11.3 Å². The summed E-state index contributed by atoms with van der Waals surface area (Å²) in [5.74, 6) is 0.873. The number of hydrogen-bond acceptors (Lipinski definition) is 5. The fraction of sp³-hybridized carbons (Fsp3) is 0.667. The van der Waals surface area contributed by atoms with Gasteiger partial charge in [0, 0.05) is 43.3 Å². The summed E-state index contributed by atoms with van der Waals surface area (Å²) >= 11 is 1.65. The second kappa shape index (κ2) is 6.70. The minimum absolute atomic E-state index is 0.0135. The maximum Gasteiger partial charge on any atom is 0.234 e. The topological polar surface area (TPSA) is 70.7 Å². The zero-order valence-corrected chi connectivity index (χ0v) is 15.3. The van der Waals surface area contributed by atoms with Gasteiger partial charge in [0.25, 0.3) is 0 Å². The van der Waals surface area contributed by atoms with Gasteiger partial charge in [0.15, 0.2) is 0 Å². The van der Waals surface area contributed by atoms with Gasteiger partial charge >= 0.3 is 0 Å². The minimum Gasteiger partial charge on any atom is -0.370 e. The highest BCUT2D eigenvalue weighted by molar-refractivity contribution is 7.09. The number of hydrogen-bond donors (Lipinski definition) is 2. The number of nitrogens with one attached hydrogen (secondary N) is 2. The zero-order chi connectivity index (χ0) is 17.4. The number of amides is 2. The number of carbonyl (C=O) groups is 2. The van der Waals surface area contributed by atoms with Crippen LogP contribution in [0.5, 0.6) is 0 Å². The average Bonchev–Trinajstić information content (AvgIpc) is 3.31. The highest BCUT2D eigenvalue weighted by Gasteiger charge is 2.62. The van der Waals surface area contributed by atoms with Gasteiger partial charge in [-0.2, -0.15) is 0 Å². The third kappa shape index (κ3) is 3.32. The van der Waals surface area contributed by atoms with Crippen LogP contribution in [-0.4, -0.2) is 54.6 Å². The molecule has 1 aromatic rings. The molecule has 136 valence electrons. The van der Waals surface area contributed by atoms with Gasteiger partial charge in [0.1, 0.15) is 0 Å². The van der Waals surface area contributed by atoms with E-state index >= 15 is 0 Å². The first kappa shape index (κ1) is 17.0. The summed E-state index contributed by atoms with van der Waals surface area (Å²) in [6.07, 6.45) is 2.41. The van der Waals surface area contributed by atoms with Crippen molar-refractivity contribution >= 4 is 23.2 Å². The van der Waals surface area contributed by atoms with Crippen LogP contribution in [0.1, 0.15) is 24.6 Å². The van der Waals surface area contributed by atoms with Crippen LogP contribution in [-0.2, 0) is 20.9 Å². The molecule has 25 heavy (non-hydrogen) atoms. The van der Waals surface area contributed by atoms with Crippen molar-refractivity contribution in [3.63, 3.8) is 0 Å². The van der Waals surface area contributed by atoms with Crippen LogP contribution in [0.4, 0.5) is 0 Å². The van der Waals surface area contributed by atoms with Gasteiger partial charge in [-0.3, -0.25) is 14.5 Å². The van der Waals surface area contributed by atoms with Crippen molar-refractivity contribution < 1.29 is 14.3 Å². The Morgan fingerprint density at radius 1 is 1.44 bits per heavy atom. The van der Waals surface area contributed by atoms with E-state index in [1.165, 1.54) is 4.88 Å². The molecule has 3 aliphatic heterocycles. The molecule has 3 saturated heterocycles. The Morgan fingerprint density at radius 3 is 3.08 bits per heavy atom. The van der Waals surface area contributed by atoms with Gasteiger partial charge in [0.2, 0.25) is 11.8 Å². The molecule has 4 heterocycles. The van der Waals surface area contributed by atoms with E-state index in [9.17, 15) is 9.59 Å². The van der Waals surface area contributed by atoms with Crippen molar-refractivity contribution in [2.75, 3.05) is 26.2 Å². The molecule has 2 bridgehead atoms. The monoisotopic (exact) mass is 363 g/mol. The summed E-state index contributed by atoms with van der Waals surface area (Å²) < 4.78 is 6.34. The molecular formula is C18H25N3O3S. The van der Waals surface area contributed by atoms with E-state index in [0.717, 1.165) is 25.9 Å². The Balaban J connectivity index is 1.32. The SMILES string of the molecule is CC(=O)NC[C@H]1[C@H]2CN(CC(=O)NCc3cccs3)C[C@]23CC[C@H]1O3. The molecule has 7 heteroatoms. The van der Waals surface area contributed by atoms with Crippen LogP contribution < -0.4 is 10.6 Å². The third-order valence-corrected chi connectivity index (χ3v) is 6.72. The van der Waals surface area contributed by atoms with E-state index < -0.39 is 0 Å². The first-order valence-corrected chi connectivity index (χ1v) is 9.87. The lowest BCUT2D eigenvalue weighted by atomic mass is 9.73. The van der Waals surface area contributed by atoms with E-state index in [1.54, 1.807) is 18.3 Å². The summed E-state index contributed by atoms with van der Waals surface area (Å²) in [7, 11) is 0. The molecule has 1 aromatic heterocycles. The van der Waals surface area contributed by atoms with Crippen molar-refractivity contribution in [1.29, 1.82) is 0 Å². The summed E-state index contributed by atoms with van der Waals surface area (Å²) in [6, 6.07) is 4.03. The number of carbonyl (C=O) groups excluding carboxylic acids is 2. The largest absolute Gasteiger partial charge is 0.370 e. The zero-order valence-electron chi connectivity index (χ0n) is 14.5. The second-order valence-electron chi connectivity index (χ2n) is 7.49. The maximum atomic E-state index is 12.3. The molecule has 2 amide bonds. The predicted molar refractivity (Wildman–Crippen MR) is 95.1 cm³/mol. The molecular weight excluding hydrogens is 338 g/mol. The summed E-state index contributed by atoms with van der Waals surface area (Å²) in [5.41, 5.74) is -0.0954. The predicted octanol–water partition coefficient (Wildman–Crippen LogP) is 0.980. The molecule has 0 aliphatic carbocycles. The molecule has 0 radical (unpaired) electrons. The third-order valence-electron chi connectivity index (χ3n) is 5.85. The number of ether oxygens (including phenoxy) is 1. The first-order chi connectivity index (χ1) is 12.1. The number of nitrogens with zero attached hydrogens (tertiary/aromatic N) is 1. The lowest BCUT2D eigenvalue weighted by molar-refractivity contribution is -0.122. The number of fused-ring (bicyclic) bond motifs is 1. The van der Waals surface area contributed by atoms with Gasteiger partial charge in [0.05, 0.1) is 24.8 Å². The van der Waals surface area contributed by atoms with E-state index in [4.69, 9.17) is 4.74 Å². The van der Waals surface area contributed by atoms with Gasteiger partial charge in [-0.25, -0.2) is 0 Å². The molecule has 6 nitrogen and oxygen atoms in total. The van der Waals surface area contributed by atoms with Crippen molar-refractivity contribution in [2.24, 2.45) is 11.8 Å². The highest BCUT2D eigenvalue weighted by Crippen LogP contribution is 2.54. The second-order valence-corrected chi connectivity index (χ2v) is 8.53. The molecule has 0 unspecified atom stereocenters. The van der Waals surface area contributed by atoms with E-state index in [-0.39, 0.29) is 23.5 Å². The first-order valence-electron chi connectivity index (χ1n) is 8.99. The van der Waals surface area contributed by atoms with E-state index in [0.29, 0.717) is 31.5 Å². The molecule has 4 rings (SSSR count). The fourth-order valence-corrected chi connectivity index (χ4v) is 5.44. The van der Waals surface area contributed by atoms with Crippen molar-refractivity contribution in [3.05, 3.63) is 22.4 Å². The van der Waals surface area contributed by atoms with E-state index in [1.807, 2.05) is 17.5 Å². The van der Waals surface area contributed by atoms with Crippen LogP contribution in [0.3, 0.4) is 0 Å². The fourth-order valence-electron chi connectivity index (χ4n) is 4.80. The van der Waals surface area contributed by atoms with Crippen LogP contribution in [0.25, 0.3) is 0 Å². The normalized spacial score (nSPS) is 33.4. The Kier molecular flexibility index (Phi) is 4.56. The van der Waals surface area contributed by atoms with Gasteiger partial charge < -0.3 is 15.4 Å². The molecule has 0 saturated carbocycles. The van der Waals surface area contributed by atoms with Crippen LogP contribution in [0.2, 0.25) is 0 Å². The average molecular weight is 363 g/mol. The number of rotatable bonds is 6. The minimum atomic E-state index is -0.0954. The summed E-state index contributed by atoms with van der Waals surface area (Å²) in [5, 5.41) is 7.98. The molecule has 1 spiro atoms. The Morgan fingerprint density at radius 2 is 2.32 bits per heavy atom. The van der Waals surface area contributed by atoms with Gasteiger partial charge in [-0.1, -0.05) is 6.07 Å². The van der Waals surface area contributed by atoms with Crippen molar-refractivity contribution in [1.82, 2.24) is 15.5 Å². The molecule has 2 N–H and O–H groups in total. The Bertz CT molecular complexity index is 650. The van der Waals surface area contributed by atoms with E-state index in [2.05, 4.69) is 15.5 Å². The van der Waals surface area contributed by atoms with Gasteiger partial charge in [-0.15, -0.1) is 11.3 Å². The molecule has 3 aliphatic rings.